The lowest BCUT2D eigenvalue weighted by atomic mass is 9.91. The van der Waals surface area contributed by atoms with Crippen LogP contribution in [-0.4, -0.2) is 70.3 Å². The van der Waals surface area contributed by atoms with Crippen molar-refractivity contribution in [1.82, 2.24) is 24.9 Å². The average Bonchev–Trinajstić information content (AvgIpc) is 3.14. The molecule has 2 fully saturated rings. The fourth-order valence-corrected chi connectivity index (χ4v) is 3.81. The van der Waals surface area contributed by atoms with Gasteiger partial charge >= 0.3 is 6.03 Å². The highest BCUT2D eigenvalue weighted by atomic mass is 16.5. The van der Waals surface area contributed by atoms with Crippen molar-refractivity contribution >= 4 is 6.03 Å². The Balaban J connectivity index is 1.57. The number of carbonyl (C=O) groups excluding carboxylic acids is 1. The summed E-state index contributed by atoms with van der Waals surface area (Å²) in [5.41, 5.74) is 2.63. The SMILES string of the molecule is Cc1cc(-c2cnc(C)nc2[C@H]2CCCN(C(=O)N3CCOCC3)C2)on1. The van der Waals surface area contributed by atoms with E-state index >= 15 is 0 Å². The largest absolute Gasteiger partial charge is 0.378 e. The van der Waals surface area contributed by atoms with Crippen LogP contribution >= 0.6 is 0 Å². The normalized spacial score (nSPS) is 20.7. The van der Waals surface area contributed by atoms with E-state index in [2.05, 4.69) is 10.1 Å². The highest BCUT2D eigenvalue weighted by molar-refractivity contribution is 5.75. The maximum absolute atomic E-state index is 12.9. The highest BCUT2D eigenvalue weighted by Gasteiger charge is 2.31. The molecule has 4 rings (SSSR count). The van der Waals surface area contributed by atoms with E-state index in [1.165, 1.54) is 0 Å². The molecule has 0 radical (unpaired) electrons. The van der Waals surface area contributed by atoms with Crippen molar-refractivity contribution in [2.75, 3.05) is 39.4 Å². The van der Waals surface area contributed by atoms with Gasteiger partial charge in [-0.2, -0.15) is 0 Å². The minimum absolute atomic E-state index is 0.103. The van der Waals surface area contributed by atoms with Crippen LogP contribution in [0.2, 0.25) is 0 Å². The lowest BCUT2D eigenvalue weighted by molar-refractivity contribution is 0.0408. The van der Waals surface area contributed by atoms with Crippen LogP contribution in [0.25, 0.3) is 11.3 Å². The van der Waals surface area contributed by atoms with Gasteiger partial charge < -0.3 is 19.1 Å². The Hall–Kier alpha value is -2.48. The fourth-order valence-electron chi connectivity index (χ4n) is 3.81. The number of morpholine rings is 1. The summed E-state index contributed by atoms with van der Waals surface area (Å²) >= 11 is 0. The van der Waals surface area contributed by atoms with Crippen molar-refractivity contribution in [2.24, 2.45) is 0 Å². The first-order valence-electron chi connectivity index (χ1n) is 9.50. The minimum Gasteiger partial charge on any atom is -0.378 e. The maximum atomic E-state index is 12.9. The molecule has 0 bridgehead atoms. The van der Waals surface area contributed by atoms with Crippen molar-refractivity contribution in [2.45, 2.75) is 32.6 Å². The standard InChI is InChI=1S/C19H25N5O3/c1-13-10-17(27-22-13)16-11-20-14(2)21-18(16)15-4-3-5-24(12-15)19(25)23-6-8-26-9-7-23/h10-11,15H,3-9,12H2,1-2H3/t15-/m0/s1. The molecule has 8 nitrogen and oxygen atoms in total. The number of carbonyl (C=O) groups is 1. The van der Waals surface area contributed by atoms with Crippen LogP contribution in [0, 0.1) is 13.8 Å². The van der Waals surface area contributed by atoms with E-state index in [9.17, 15) is 4.79 Å². The molecule has 0 spiro atoms. The van der Waals surface area contributed by atoms with Crippen LogP contribution < -0.4 is 0 Å². The van der Waals surface area contributed by atoms with Gasteiger partial charge in [-0.1, -0.05) is 5.16 Å². The third-order valence-corrected chi connectivity index (χ3v) is 5.19. The lowest BCUT2D eigenvalue weighted by Gasteiger charge is -2.37. The minimum atomic E-state index is 0.103. The molecule has 2 aliphatic rings. The van der Waals surface area contributed by atoms with E-state index in [0.29, 0.717) is 38.6 Å². The van der Waals surface area contributed by atoms with Gasteiger partial charge in [0.15, 0.2) is 5.76 Å². The van der Waals surface area contributed by atoms with Crippen molar-refractivity contribution in [3.63, 3.8) is 0 Å². The summed E-state index contributed by atoms with van der Waals surface area (Å²) in [6.45, 7) is 7.78. The third-order valence-electron chi connectivity index (χ3n) is 5.19. The number of aromatic nitrogens is 3. The zero-order valence-corrected chi connectivity index (χ0v) is 15.8. The fraction of sp³-hybridized carbons (Fsp3) is 0.579. The number of nitrogens with zero attached hydrogens (tertiary/aromatic N) is 5. The van der Waals surface area contributed by atoms with Crippen LogP contribution in [0.4, 0.5) is 4.79 Å². The Morgan fingerprint density at radius 3 is 2.74 bits per heavy atom. The van der Waals surface area contributed by atoms with Crippen molar-refractivity contribution in [3.8, 4) is 11.3 Å². The Bertz CT molecular complexity index is 815. The molecule has 4 heterocycles. The summed E-state index contributed by atoms with van der Waals surface area (Å²) in [4.78, 5) is 25.8. The quantitative estimate of drug-likeness (QED) is 0.806. The monoisotopic (exact) mass is 371 g/mol. The number of amides is 2. The first-order chi connectivity index (χ1) is 13.1. The summed E-state index contributed by atoms with van der Waals surface area (Å²) in [5.74, 6) is 1.56. The van der Waals surface area contributed by atoms with Gasteiger partial charge in [0.25, 0.3) is 0 Å². The summed E-state index contributed by atoms with van der Waals surface area (Å²) in [5, 5.41) is 3.99. The zero-order valence-electron chi connectivity index (χ0n) is 15.8. The molecular weight excluding hydrogens is 346 g/mol. The molecule has 2 aliphatic heterocycles. The molecule has 144 valence electrons. The summed E-state index contributed by atoms with van der Waals surface area (Å²) < 4.78 is 10.8. The Labute approximate surface area is 158 Å². The van der Waals surface area contributed by atoms with Crippen LogP contribution in [0.3, 0.4) is 0 Å². The molecule has 2 saturated heterocycles. The summed E-state index contributed by atoms with van der Waals surface area (Å²) in [6, 6.07) is 2.00. The van der Waals surface area contributed by atoms with E-state index in [-0.39, 0.29) is 11.9 Å². The van der Waals surface area contributed by atoms with Gasteiger partial charge in [0, 0.05) is 44.4 Å². The molecule has 2 aromatic rings. The van der Waals surface area contributed by atoms with Gasteiger partial charge in [0.1, 0.15) is 5.82 Å². The zero-order chi connectivity index (χ0) is 18.8. The van der Waals surface area contributed by atoms with Crippen LogP contribution in [0.15, 0.2) is 16.8 Å². The molecular formula is C19H25N5O3. The third kappa shape index (κ3) is 3.80. The number of rotatable bonds is 2. The first kappa shape index (κ1) is 17.9. The van der Waals surface area contributed by atoms with Gasteiger partial charge in [-0.3, -0.25) is 0 Å². The number of ether oxygens (including phenoxy) is 1. The van der Waals surface area contributed by atoms with E-state index in [0.717, 1.165) is 42.2 Å². The number of hydrogen-bond donors (Lipinski definition) is 0. The number of hydrogen-bond acceptors (Lipinski definition) is 6. The van der Waals surface area contributed by atoms with Gasteiger partial charge in [-0.25, -0.2) is 14.8 Å². The second-order valence-electron chi connectivity index (χ2n) is 7.22. The van der Waals surface area contributed by atoms with E-state index in [1.54, 1.807) is 6.20 Å². The topological polar surface area (TPSA) is 84.6 Å². The number of aryl methyl sites for hydroxylation is 2. The first-order valence-corrected chi connectivity index (χ1v) is 9.50. The molecule has 0 aliphatic carbocycles. The van der Waals surface area contributed by atoms with Crippen LogP contribution in [0.1, 0.15) is 36.0 Å². The van der Waals surface area contributed by atoms with Crippen LogP contribution in [0.5, 0.6) is 0 Å². The smallest absolute Gasteiger partial charge is 0.320 e. The Morgan fingerprint density at radius 2 is 2.00 bits per heavy atom. The Kier molecular flexibility index (Phi) is 5.07. The van der Waals surface area contributed by atoms with E-state index < -0.39 is 0 Å². The van der Waals surface area contributed by atoms with E-state index in [1.807, 2.05) is 29.7 Å². The number of piperidine rings is 1. The molecule has 1 atom stereocenters. The van der Waals surface area contributed by atoms with Crippen molar-refractivity contribution in [3.05, 3.63) is 29.5 Å². The van der Waals surface area contributed by atoms with Gasteiger partial charge in [0.05, 0.1) is 30.2 Å². The van der Waals surface area contributed by atoms with Crippen molar-refractivity contribution < 1.29 is 14.1 Å². The van der Waals surface area contributed by atoms with Gasteiger partial charge in [0.2, 0.25) is 0 Å². The molecule has 0 unspecified atom stereocenters. The molecule has 0 aromatic carbocycles. The molecule has 0 N–H and O–H groups in total. The van der Waals surface area contributed by atoms with Crippen molar-refractivity contribution in [1.29, 1.82) is 0 Å². The van der Waals surface area contributed by atoms with Gasteiger partial charge in [-0.15, -0.1) is 0 Å². The van der Waals surface area contributed by atoms with Crippen LogP contribution in [-0.2, 0) is 4.74 Å². The molecule has 27 heavy (non-hydrogen) atoms. The average molecular weight is 371 g/mol. The summed E-state index contributed by atoms with van der Waals surface area (Å²) in [7, 11) is 0. The second-order valence-corrected chi connectivity index (χ2v) is 7.22. The van der Waals surface area contributed by atoms with E-state index in [4.69, 9.17) is 14.2 Å². The molecule has 2 amide bonds. The predicted molar refractivity (Wildman–Crippen MR) is 98.3 cm³/mol. The second kappa shape index (κ2) is 7.64. The lowest BCUT2D eigenvalue weighted by Crippen LogP contribution is -2.50. The number of likely N-dealkylation sites (tertiary alicyclic amines) is 1. The maximum Gasteiger partial charge on any atom is 0.320 e. The highest BCUT2D eigenvalue weighted by Crippen LogP contribution is 2.33. The van der Waals surface area contributed by atoms with Gasteiger partial charge in [-0.05, 0) is 26.7 Å². The Morgan fingerprint density at radius 1 is 1.19 bits per heavy atom. The predicted octanol–water partition coefficient (Wildman–Crippen LogP) is 2.38. The molecule has 2 aromatic heterocycles. The molecule has 0 saturated carbocycles. The molecule has 8 heteroatoms. The summed E-state index contributed by atoms with van der Waals surface area (Å²) in [6.07, 6.45) is 3.75. The number of urea groups is 1.